The van der Waals surface area contributed by atoms with E-state index in [1.807, 2.05) is 0 Å². The van der Waals surface area contributed by atoms with Crippen LogP contribution in [-0.4, -0.2) is 11.5 Å². The van der Waals surface area contributed by atoms with Crippen LogP contribution in [0.15, 0.2) is 0 Å². The van der Waals surface area contributed by atoms with E-state index in [4.69, 9.17) is 0 Å². The average Bonchev–Trinajstić information content (AvgIpc) is 1.88. The van der Waals surface area contributed by atoms with Crippen molar-refractivity contribution in [1.29, 1.82) is 0 Å². The maximum atomic E-state index is 2.38. The molecular formula is C9H18S. The minimum Gasteiger partial charge on any atom is -0.161 e. The Morgan fingerprint density at radius 3 is 2.40 bits per heavy atom. The van der Waals surface area contributed by atoms with E-state index in [1.165, 1.54) is 17.9 Å². The Morgan fingerprint density at radius 1 is 1.30 bits per heavy atom. The van der Waals surface area contributed by atoms with Gasteiger partial charge in [-0.1, -0.05) is 20.8 Å². The molecule has 0 bridgehead atoms. The van der Waals surface area contributed by atoms with Crippen molar-refractivity contribution in [2.75, 3.05) is 11.5 Å². The SMILES string of the molecule is CC1CSCC(C(C)C)C1. The van der Waals surface area contributed by atoms with Gasteiger partial charge in [-0.25, -0.2) is 0 Å². The molecule has 2 unspecified atom stereocenters. The second-order valence-corrected chi connectivity index (χ2v) is 4.96. The molecule has 10 heavy (non-hydrogen) atoms. The van der Waals surface area contributed by atoms with Crippen LogP contribution >= 0.6 is 11.8 Å². The Hall–Kier alpha value is 0.350. The van der Waals surface area contributed by atoms with Crippen LogP contribution < -0.4 is 0 Å². The molecule has 0 amide bonds. The summed E-state index contributed by atoms with van der Waals surface area (Å²) in [6.45, 7) is 7.08. The minimum absolute atomic E-state index is 0.898. The molecule has 0 N–H and O–H groups in total. The highest BCUT2D eigenvalue weighted by Crippen LogP contribution is 2.31. The fourth-order valence-corrected chi connectivity index (χ4v) is 3.04. The largest absolute Gasteiger partial charge is 0.161 e. The fourth-order valence-electron chi connectivity index (χ4n) is 1.54. The number of hydrogen-bond acceptors (Lipinski definition) is 1. The lowest BCUT2D eigenvalue weighted by Gasteiger charge is -2.28. The van der Waals surface area contributed by atoms with Gasteiger partial charge in [-0.3, -0.25) is 0 Å². The number of hydrogen-bond donors (Lipinski definition) is 0. The van der Waals surface area contributed by atoms with Gasteiger partial charge in [0.25, 0.3) is 0 Å². The summed E-state index contributed by atoms with van der Waals surface area (Å²) >= 11 is 2.14. The molecule has 1 saturated heterocycles. The average molecular weight is 158 g/mol. The summed E-state index contributed by atoms with van der Waals surface area (Å²) < 4.78 is 0. The molecule has 0 aromatic rings. The molecule has 0 radical (unpaired) electrons. The molecule has 0 aliphatic carbocycles. The quantitative estimate of drug-likeness (QED) is 0.565. The van der Waals surface area contributed by atoms with Crippen molar-refractivity contribution in [2.24, 2.45) is 17.8 Å². The zero-order valence-electron chi connectivity index (χ0n) is 7.26. The van der Waals surface area contributed by atoms with Gasteiger partial charge in [0, 0.05) is 0 Å². The number of rotatable bonds is 1. The van der Waals surface area contributed by atoms with E-state index < -0.39 is 0 Å². The molecule has 1 heteroatoms. The van der Waals surface area contributed by atoms with Gasteiger partial charge >= 0.3 is 0 Å². The zero-order valence-corrected chi connectivity index (χ0v) is 8.08. The summed E-state index contributed by atoms with van der Waals surface area (Å²) in [5.41, 5.74) is 0. The highest BCUT2D eigenvalue weighted by Gasteiger charge is 2.21. The Morgan fingerprint density at radius 2 is 2.00 bits per heavy atom. The molecule has 60 valence electrons. The van der Waals surface area contributed by atoms with Crippen molar-refractivity contribution in [3.8, 4) is 0 Å². The lowest BCUT2D eigenvalue weighted by Crippen LogP contribution is -2.21. The highest BCUT2D eigenvalue weighted by atomic mass is 32.2. The van der Waals surface area contributed by atoms with Crippen molar-refractivity contribution in [3.63, 3.8) is 0 Å². The third kappa shape index (κ3) is 2.19. The van der Waals surface area contributed by atoms with Gasteiger partial charge in [0.2, 0.25) is 0 Å². The standard InChI is InChI=1S/C9H18S/c1-7(2)9-4-8(3)5-10-6-9/h7-9H,4-6H2,1-3H3. The first-order valence-electron chi connectivity index (χ1n) is 4.28. The van der Waals surface area contributed by atoms with Crippen LogP contribution in [0.4, 0.5) is 0 Å². The Labute approximate surface area is 68.8 Å². The van der Waals surface area contributed by atoms with Crippen molar-refractivity contribution in [2.45, 2.75) is 27.2 Å². The second-order valence-electron chi connectivity index (χ2n) is 3.88. The van der Waals surface area contributed by atoms with Gasteiger partial charge in [-0.15, -0.1) is 0 Å². The van der Waals surface area contributed by atoms with E-state index in [1.54, 1.807) is 0 Å². The van der Waals surface area contributed by atoms with E-state index in [0.29, 0.717) is 0 Å². The van der Waals surface area contributed by atoms with E-state index in [9.17, 15) is 0 Å². The molecule has 0 aromatic carbocycles. The second kappa shape index (κ2) is 3.66. The smallest absolute Gasteiger partial charge is 0.00365 e. The van der Waals surface area contributed by atoms with E-state index in [0.717, 1.165) is 17.8 Å². The molecule has 0 spiro atoms. The molecular weight excluding hydrogens is 140 g/mol. The number of thioether (sulfide) groups is 1. The summed E-state index contributed by atoms with van der Waals surface area (Å²) in [6.07, 6.45) is 1.46. The molecule has 1 heterocycles. The molecule has 0 saturated carbocycles. The molecule has 0 nitrogen and oxygen atoms in total. The maximum absolute atomic E-state index is 2.38. The minimum atomic E-state index is 0.898. The van der Waals surface area contributed by atoms with Gasteiger partial charge in [0.05, 0.1) is 0 Å². The monoisotopic (exact) mass is 158 g/mol. The molecule has 2 atom stereocenters. The molecule has 1 rings (SSSR count). The lowest BCUT2D eigenvalue weighted by molar-refractivity contribution is 0.342. The normalized spacial score (nSPS) is 34.8. The summed E-state index contributed by atoms with van der Waals surface area (Å²) in [7, 11) is 0. The molecule has 1 fully saturated rings. The predicted octanol–water partition coefficient (Wildman–Crippen LogP) is 3.03. The summed E-state index contributed by atoms with van der Waals surface area (Å²) in [4.78, 5) is 0. The van der Waals surface area contributed by atoms with Crippen LogP contribution in [0.2, 0.25) is 0 Å². The summed E-state index contributed by atoms with van der Waals surface area (Å²) in [5.74, 6) is 5.65. The first kappa shape index (κ1) is 8.45. The van der Waals surface area contributed by atoms with Gasteiger partial charge in [0.15, 0.2) is 0 Å². The van der Waals surface area contributed by atoms with Gasteiger partial charge in [0.1, 0.15) is 0 Å². The lowest BCUT2D eigenvalue weighted by atomic mass is 9.89. The van der Waals surface area contributed by atoms with E-state index >= 15 is 0 Å². The summed E-state index contributed by atoms with van der Waals surface area (Å²) in [5, 5.41) is 0. The first-order chi connectivity index (χ1) is 4.70. The Balaban J connectivity index is 2.32. The fraction of sp³-hybridized carbons (Fsp3) is 1.00. The third-order valence-corrected chi connectivity index (χ3v) is 3.85. The first-order valence-corrected chi connectivity index (χ1v) is 5.43. The maximum Gasteiger partial charge on any atom is -0.00365 e. The van der Waals surface area contributed by atoms with E-state index in [2.05, 4.69) is 32.5 Å². The van der Waals surface area contributed by atoms with Crippen LogP contribution in [0.3, 0.4) is 0 Å². The Bertz CT molecular complexity index is 98.9. The molecule has 0 aromatic heterocycles. The highest BCUT2D eigenvalue weighted by molar-refractivity contribution is 7.99. The van der Waals surface area contributed by atoms with Crippen molar-refractivity contribution in [1.82, 2.24) is 0 Å². The molecule has 1 aliphatic rings. The summed E-state index contributed by atoms with van der Waals surface area (Å²) in [6, 6.07) is 0. The van der Waals surface area contributed by atoms with Gasteiger partial charge in [-0.05, 0) is 35.7 Å². The van der Waals surface area contributed by atoms with Crippen LogP contribution in [-0.2, 0) is 0 Å². The Kier molecular flexibility index (Phi) is 3.09. The zero-order chi connectivity index (χ0) is 7.56. The topological polar surface area (TPSA) is 0 Å². The van der Waals surface area contributed by atoms with Crippen molar-refractivity contribution >= 4 is 11.8 Å². The predicted molar refractivity (Wildman–Crippen MR) is 49.4 cm³/mol. The molecule has 1 aliphatic heterocycles. The van der Waals surface area contributed by atoms with Crippen molar-refractivity contribution in [3.05, 3.63) is 0 Å². The van der Waals surface area contributed by atoms with Gasteiger partial charge in [-0.2, -0.15) is 11.8 Å². The van der Waals surface area contributed by atoms with Crippen LogP contribution in [0.1, 0.15) is 27.2 Å². The van der Waals surface area contributed by atoms with Crippen LogP contribution in [0.25, 0.3) is 0 Å². The van der Waals surface area contributed by atoms with E-state index in [-0.39, 0.29) is 0 Å². The van der Waals surface area contributed by atoms with Crippen LogP contribution in [0, 0.1) is 17.8 Å². The van der Waals surface area contributed by atoms with Gasteiger partial charge < -0.3 is 0 Å². The third-order valence-electron chi connectivity index (χ3n) is 2.38. The van der Waals surface area contributed by atoms with Crippen LogP contribution in [0.5, 0.6) is 0 Å². The van der Waals surface area contributed by atoms with Crippen molar-refractivity contribution < 1.29 is 0 Å².